The summed E-state index contributed by atoms with van der Waals surface area (Å²) in [6.45, 7) is 2.88. The van der Waals surface area contributed by atoms with Crippen LogP contribution in [0.5, 0.6) is 0 Å². The maximum Gasteiger partial charge on any atom is 0.0738 e. The first-order chi connectivity index (χ1) is 9.26. The molecule has 1 aromatic rings. The number of nitrogens with zero attached hydrogens (tertiary/aromatic N) is 3. The molecule has 5 rings (SSSR count). The van der Waals surface area contributed by atoms with Gasteiger partial charge in [-0.05, 0) is 68.6 Å². The zero-order chi connectivity index (χ0) is 13.0. The number of rotatable bonds is 3. The second kappa shape index (κ2) is 4.30. The molecule has 0 amide bonds. The van der Waals surface area contributed by atoms with Gasteiger partial charge in [-0.25, -0.2) is 4.68 Å². The van der Waals surface area contributed by atoms with E-state index in [-0.39, 0.29) is 0 Å². The van der Waals surface area contributed by atoms with Crippen molar-refractivity contribution in [3.63, 3.8) is 0 Å². The standard InChI is InChI=1S/C15H24N4/c1-9(19-14(7-16)8-17-18-19)15-12-3-10-2-11(5-12)6-13(15)4-10/h8-13,15H,2-7,16H2,1H3. The van der Waals surface area contributed by atoms with Crippen molar-refractivity contribution in [2.45, 2.75) is 51.6 Å². The van der Waals surface area contributed by atoms with Crippen molar-refractivity contribution in [1.29, 1.82) is 0 Å². The highest BCUT2D eigenvalue weighted by Gasteiger charge is 2.50. The van der Waals surface area contributed by atoms with Crippen LogP contribution in [0.4, 0.5) is 0 Å². The summed E-state index contributed by atoms with van der Waals surface area (Å²) in [5.41, 5.74) is 6.89. The molecule has 1 heterocycles. The first-order valence-electron chi connectivity index (χ1n) is 7.85. The van der Waals surface area contributed by atoms with Gasteiger partial charge in [0.2, 0.25) is 0 Å². The van der Waals surface area contributed by atoms with Crippen molar-refractivity contribution in [3.05, 3.63) is 11.9 Å². The van der Waals surface area contributed by atoms with Crippen LogP contribution in [0.3, 0.4) is 0 Å². The Balaban J connectivity index is 1.62. The van der Waals surface area contributed by atoms with Gasteiger partial charge in [0.1, 0.15) is 0 Å². The molecule has 0 aromatic carbocycles. The van der Waals surface area contributed by atoms with E-state index in [0.29, 0.717) is 12.6 Å². The van der Waals surface area contributed by atoms with Crippen molar-refractivity contribution in [2.24, 2.45) is 35.3 Å². The van der Waals surface area contributed by atoms with Crippen LogP contribution in [-0.2, 0) is 6.54 Å². The van der Waals surface area contributed by atoms with E-state index in [0.717, 1.165) is 35.3 Å². The molecule has 1 unspecified atom stereocenters. The zero-order valence-corrected chi connectivity index (χ0v) is 11.7. The first-order valence-corrected chi connectivity index (χ1v) is 7.85. The maximum absolute atomic E-state index is 5.81. The first kappa shape index (κ1) is 11.9. The van der Waals surface area contributed by atoms with E-state index in [1.165, 1.54) is 32.1 Å². The quantitative estimate of drug-likeness (QED) is 0.907. The Hall–Kier alpha value is -0.900. The average molecular weight is 260 g/mol. The fourth-order valence-electron chi connectivity index (χ4n) is 5.67. The largest absolute Gasteiger partial charge is 0.325 e. The predicted molar refractivity (Wildman–Crippen MR) is 73.2 cm³/mol. The highest BCUT2D eigenvalue weighted by molar-refractivity contribution is 5.03. The fraction of sp³-hybridized carbons (Fsp3) is 0.867. The Kier molecular flexibility index (Phi) is 2.69. The lowest BCUT2D eigenvalue weighted by atomic mass is 9.50. The highest BCUT2D eigenvalue weighted by Crippen LogP contribution is 2.59. The number of hydrogen-bond acceptors (Lipinski definition) is 3. The molecule has 1 atom stereocenters. The van der Waals surface area contributed by atoms with Gasteiger partial charge < -0.3 is 5.73 Å². The van der Waals surface area contributed by atoms with Crippen LogP contribution in [0.15, 0.2) is 6.20 Å². The Morgan fingerprint density at radius 3 is 2.42 bits per heavy atom. The fourth-order valence-corrected chi connectivity index (χ4v) is 5.67. The number of aromatic nitrogens is 3. The van der Waals surface area contributed by atoms with E-state index < -0.39 is 0 Å². The second-order valence-electron chi connectivity index (χ2n) is 7.12. The van der Waals surface area contributed by atoms with Crippen LogP contribution in [0.2, 0.25) is 0 Å². The maximum atomic E-state index is 5.81. The molecular formula is C15H24N4. The summed E-state index contributed by atoms with van der Waals surface area (Å²) < 4.78 is 2.10. The molecule has 0 spiro atoms. The molecule has 4 bridgehead atoms. The molecule has 19 heavy (non-hydrogen) atoms. The van der Waals surface area contributed by atoms with Crippen LogP contribution in [0.1, 0.15) is 50.8 Å². The Bertz CT molecular complexity index is 438. The number of hydrogen-bond donors (Lipinski definition) is 1. The summed E-state index contributed by atoms with van der Waals surface area (Å²) >= 11 is 0. The van der Waals surface area contributed by atoms with Gasteiger partial charge in [-0.2, -0.15) is 0 Å². The SMILES string of the molecule is CC(C1C2CC3CC(C2)CC1C3)n1nncc1CN. The van der Waals surface area contributed by atoms with Crippen molar-refractivity contribution in [3.8, 4) is 0 Å². The van der Waals surface area contributed by atoms with E-state index in [1.54, 1.807) is 0 Å². The molecule has 2 N–H and O–H groups in total. The highest BCUT2D eigenvalue weighted by atomic mass is 15.4. The van der Waals surface area contributed by atoms with Gasteiger partial charge in [-0.1, -0.05) is 5.21 Å². The van der Waals surface area contributed by atoms with Gasteiger partial charge in [0, 0.05) is 6.54 Å². The Morgan fingerprint density at radius 2 is 1.84 bits per heavy atom. The molecule has 4 nitrogen and oxygen atoms in total. The summed E-state index contributed by atoms with van der Waals surface area (Å²) in [7, 11) is 0. The molecule has 0 radical (unpaired) electrons. The lowest BCUT2D eigenvalue weighted by Crippen LogP contribution is -2.47. The smallest absolute Gasteiger partial charge is 0.0738 e. The summed E-state index contributed by atoms with van der Waals surface area (Å²) in [6, 6.07) is 0.469. The molecule has 4 aliphatic carbocycles. The summed E-state index contributed by atoms with van der Waals surface area (Å²) in [5, 5.41) is 8.37. The summed E-state index contributed by atoms with van der Waals surface area (Å²) in [5.74, 6) is 4.74. The summed E-state index contributed by atoms with van der Waals surface area (Å²) in [6.07, 6.45) is 9.21. The predicted octanol–water partition coefficient (Wildman–Crippen LogP) is 2.37. The van der Waals surface area contributed by atoms with E-state index in [9.17, 15) is 0 Å². The van der Waals surface area contributed by atoms with Crippen LogP contribution >= 0.6 is 0 Å². The van der Waals surface area contributed by atoms with Crippen LogP contribution in [0.25, 0.3) is 0 Å². The van der Waals surface area contributed by atoms with Crippen molar-refractivity contribution < 1.29 is 0 Å². The molecule has 4 fully saturated rings. The van der Waals surface area contributed by atoms with Gasteiger partial charge >= 0.3 is 0 Å². The van der Waals surface area contributed by atoms with Gasteiger partial charge in [0.25, 0.3) is 0 Å². The molecular weight excluding hydrogens is 236 g/mol. The van der Waals surface area contributed by atoms with E-state index in [1.807, 2.05) is 6.20 Å². The molecule has 4 heteroatoms. The Morgan fingerprint density at radius 1 is 1.21 bits per heavy atom. The van der Waals surface area contributed by atoms with Crippen LogP contribution in [0, 0.1) is 29.6 Å². The van der Waals surface area contributed by atoms with Gasteiger partial charge in [0.05, 0.1) is 17.9 Å². The van der Waals surface area contributed by atoms with Crippen LogP contribution < -0.4 is 5.73 Å². The lowest BCUT2D eigenvalue weighted by Gasteiger charge is -2.56. The Labute approximate surface area is 114 Å². The average Bonchev–Trinajstić information content (AvgIpc) is 2.85. The molecule has 0 saturated heterocycles. The topological polar surface area (TPSA) is 56.7 Å². The van der Waals surface area contributed by atoms with Gasteiger partial charge in [-0.15, -0.1) is 5.10 Å². The van der Waals surface area contributed by atoms with Crippen molar-refractivity contribution in [2.75, 3.05) is 0 Å². The normalized spacial score (nSPS) is 41.7. The van der Waals surface area contributed by atoms with Crippen molar-refractivity contribution in [1.82, 2.24) is 15.0 Å². The van der Waals surface area contributed by atoms with Crippen LogP contribution in [-0.4, -0.2) is 15.0 Å². The van der Waals surface area contributed by atoms with Gasteiger partial charge in [-0.3, -0.25) is 0 Å². The second-order valence-corrected chi connectivity index (χ2v) is 7.12. The minimum Gasteiger partial charge on any atom is -0.325 e. The third-order valence-corrected chi connectivity index (χ3v) is 6.10. The van der Waals surface area contributed by atoms with E-state index >= 15 is 0 Å². The molecule has 1 aromatic heterocycles. The third-order valence-electron chi connectivity index (χ3n) is 6.10. The minimum atomic E-state index is 0.469. The summed E-state index contributed by atoms with van der Waals surface area (Å²) in [4.78, 5) is 0. The molecule has 0 aliphatic heterocycles. The number of nitrogens with two attached hydrogens (primary N) is 1. The molecule has 4 saturated carbocycles. The lowest BCUT2D eigenvalue weighted by molar-refractivity contribution is -0.0577. The van der Waals surface area contributed by atoms with E-state index in [4.69, 9.17) is 5.73 Å². The minimum absolute atomic E-state index is 0.469. The zero-order valence-electron chi connectivity index (χ0n) is 11.7. The van der Waals surface area contributed by atoms with E-state index in [2.05, 4.69) is 21.9 Å². The molecule has 104 valence electrons. The van der Waals surface area contributed by atoms with Gasteiger partial charge in [0.15, 0.2) is 0 Å². The van der Waals surface area contributed by atoms with Crippen molar-refractivity contribution >= 4 is 0 Å². The molecule has 4 aliphatic rings. The third kappa shape index (κ3) is 1.76. The monoisotopic (exact) mass is 260 g/mol.